The lowest BCUT2D eigenvalue weighted by molar-refractivity contribution is -0.120. The van der Waals surface area contributed by atoms with Crippen molar-refractivity contribution >= 4 is 11.9 Å². The molecule has 3 N–H and O–H groups in total. The first-order valence-electron chi connectivity index (χ1n) is 6.47. The maximum absolute atomic E-state index is 11.8. The van der Waals surface area contributed by atoms with Gasteiger partial charge in [0.2, 0.25) is 0 Å². The molecule has 0 aromatic heterocycles. The van der Waals surface area contributed by atoms with Crippen molar-refractivity contribution in [1.29, 1.82) is 0 Å². The SMILES string of the molecule is CC(C)N[C@@H](Cc1ccccc1)C1NC(=O)NC1=O. The van der Waals surface area contributed by atoms with Crippen LogP contribution in [0, 0.1) is 0 Å². The fourth-order valence-corrected chi connectivity index (χ4v) is 2.29. The molecule has 1 fully saturated rings. The summed E-state index contributed by atoms with van der Waals surface area (Å²) in [6, 6.07) is 9.11. The maximum atomic E-state index is 11.8. The first kappa shape index (κ1) is 13.5. The molecule has 1 aromatic carbocycles. The molecular weight excluding hydrogens is 242 g/mol. The number of nitrogens with one attached hydrogen (secondary N) is 3. The van der Waals surface area contributed by atoms with Crippen molar-refractivity contribution in [2.24, 2.45) is 0 Å². The molecule has 1 aliphatic rings. The van der Waals surface area contributed by atoms with Crippen LogP contribution in [0.1, 0.15) is 19.4 Å². The quantitative estimate of drug-likeness (QED) is 0.687. The second-order valence-corrected chi connectivity index (χ2v) is 5.06. The Morgan fingerprint density at radius 2 is 1.89 bits per heavy atom. The van der Waals surface area contributed by atoms with Crippen molar-refractivity contribution in [3.8, 4) is 0 Å². The lowest BCUT2D eigenvalue weighted by Gasteiger charge is -2.25. The van der Waals surface area contributed by atoms with Gasteiger partial charge in [-0.1, -0.05) is 44.2 Å². The zero-order valence-electron chi connectivity index (χ0n) is 11.1. The van der Waals surface area contributed by atoms with Gasteiger partial charge in [-0.2, -0.15) is 0 Å². The summed E-state index contributed by atoms with van der Waals surface area (Å²) >= 11 is 0. The van der Waals surface area contributed by atoms with Gasteiger partial charge >= 0.3 is 6.03 Å². The standard InChI is InChI=1S/C14H19N3O2/c1-9(2)15-11(8-10-6-4-3-5-7-10)12-13(18)17-14(19)16-12/h3-7,9,11-12,15H,8H2,1-2H3,(H2,16,17,18,19)/t11-,12?/m0/s1. The molecule has 5 nitrogen and oxygen atoms in total. The average molecular weight is 261 g/mol. The minimum atomic E-state index is -0.518. The Kier molecular flexibility index (Phi) is 4.16. The summed E-state index contributed by atoms with van der Waals surface area (Å²) in [5.41, 5.74) is 1.13. The van der Waals surface area contributed by atoms with Gasteiger partial charge in [0.15, 0.2) is 0 Å². The molecule has 19 heavy (non-hydrogen) atoms. The van der Waals surface area contributed by atoms with Crippen LogP contribution < -0.4 is 16.0 Å². The smallest absolute Gasteiger partial charge is 0.322 e. The van der Waals surface area contributed by atoms with E-state index in [0.717, 1.165) is 5.56 Å². The molecule has 1 aromatic rings. The predicted molar refractivity (Wildman–Crippen MR) is 72.7 cm³/mol. The average Bonchev–Trinajstić information content (AvgIpc) is 2.68. The summed E-state index contributed by atoms with van der Waals surface area (Å²) in [5, 5.41) is 8.29. The van der Waals surface area contributed by atoms with E-state index in [1.807, 2.05) is 44.2 Å². The third-order valence-corrected chi connectivity index (χ3v) is 3.05. The van der Waals surface area contributed by atoms with Gasteiger partial charge in [-0.15, -0.1) is 0 Å². The van der Waals surface area contributed by atoms with E-state index >= 15 is 0 Å². The number of imide groups is 1. The van der Waals surface area contributed by atoms with E-state index in [4.69, 9.17) is 0 Å². The Labute approximate surface area is 112 Å². The molecule has 102 valence electrons. The highest BCUT2D eigenvalue weighted by Gasteiger charge is 2.36. The van der Waals surface area contributed by atoms with E-state index in [1.165, 1.54) is 0 Å². The molecule has 5 heteroatoms. The maximum Gasteiger partial charge on any atom is 0.322 e. The normalized spacial score (nSPS) is 20.3. The van der Waals surface area contributed by atoms with Crippen molar-refractivity contribution in [3.63, 3.8) is 0 Å². The highest BCUT2D eigenvalue weighted by atomic mass is 16.2. The van der Waals surface area contributed by atoms with E-state index in [0.29, 0.717) is 6.42 Å². The van der Waals surface area contributed by atoms with Crippen molar-refractivity contribution in [1.82, 2.24) is 16.0 Å². The third-order valence-electron chi connectivity index (χ3n) is 3.05. The van der Waals surface area contributed by atoms with Crippen molar-refractivity contribution < 1.29 is 9.59 Å². The predicted octanol–water partition coefficient (Wildman–Crippen LogP) is 0.804. The van der Waals surface area contributed by atoms with Gasteiger partial charge in [0.25, 0.3) is 5.91 Å². The molecule has 0 aliphatic carbocycles. The second kappa shape index (κ2) is 5.84. The zero-order chi connectivity index (χ0) is 13.8. The molecule has 0 bridgehead atoms. The van der Waals surface area contributed by atoms with E-state index in [2.05, 4.69) is 16.0 Å². The molecule has 1 unspecified atom stereocenters. The molecule has 1 heterocycles. The van der Waals surface area contributed by atoms with Gasteiger partial charge in [-0.05, 0) is 12.0 Å². The van der Waals surface area contributed by atoms with E-state index in [9.17, 15) is 9.59 Å². The number of benzene rings is 1. The van der Waals surface area contributed by atoms with Crippen molar-refractivity contribution in [2.75, 3.05) is 0 Å². The highest BCUT2D eigenvalue weighted by molar-refractivity contribution is 6.04. The van der Waals surface area contributed by atoms with Crippen molar-refractivity contribution in [2.45, 2.75) is 38.4 Å². The summed E-state index contributed by atoms with van der Waals surface area (Å²) in [6.07, 6.45) is 0.692. The van der Waals surface area contributed by atoms with Crippen LogP contribution in [0.15, 0.2) is 30.3 Å². The van der Waals surface area contributed by atoms with Crippen molar-refractivity contribution in [3.05, 3.63) is 35.9 Å². The number of carbonyl (C=O) groups excluding carboxylic acids is 2. The minimum absolute atomic E-state index is 0.117. The summed E-state index contributed by atoms with van der Waals surface area (Å²) in [7, 11) is 0. The molecule has 1 aliphatic heterocycles. The van der Waals surface area contributed by atoms with E-state index in [-0.39, 0.29) is 18.0 Å². The number of hydrogen-bond acceptors (Lipinski definition) is 3. The Morgan fingerprint density at radius 3 is 2.42 bits per heavy atom. The van der Waals surface area contributed by atoms with Crippen LogP contribution in [0.2, 0.25) is 0 Å². The number of hydrogen-bond donors (Lipinski definition) is 3. The van der Waals surface area contributed by atoms with Crippen LogP contribution >= 0.6 is 0 Å². The summed E-state index contributed by atoms with van der Waals surface area (Å²) in [6.45, 7) is 4.04. The topological polar surface area (TPSA) is 70.2 Å². The van der Waals surface area contributed by atoms with Crippen LogP contribution in [0.25, 0.3) is 0 Å². The molecule has 2 atom stereocenters. The Morgan fingerprint density at radius 1 is 1.21 bits per heavy atom. The fourth-order valence-electron chi connectivity index (χ4n) is 2.29. The minimum Gasteiger partial charge on any atom is -0.324 e. The molecule has 2 rings (SSSR count). The van der Waals surface area contributed by atoms with E-state index in [1.54, 1.807) is 0 Å². The Hall–Kier alpha value is -1.88. The molecule has 0 radical (unpaired) electrons. The third kappa shape index (κ3) is 3.54. The first-order chi connectivity index (χ1) is 9.06. The number of carbonyl (C=O) groups is 2. The van der Waals surface area contributed by atoms with Gasteiger partial charge < -0.3 is 10.6 Å². The van der Waals surface area contributed by atoms with Crippen LogP contribution in [-0.4, -0.2) is 30.1 Å². The van der Waals surface area contributed by atoms with Gasteiger partial charge in [-0.3, -0.25) is 10.1 Å². The lowest BCUT2D eigenvalue weighted by Crippen LogP contribution is -2.52. The van der Waals surface area contributed by atoms with Crippen LogP contribution in [-0.2, 0) is 11.2 Å². The first-order valence-corrected chi connectivity index (χ1v) is 6.47. The van der Waals surface area contributed by atoms with Crippen LogP contribution in [0.3, 0.4) is 0 Å². The summed E-state index contributed by atoms with van der Waals surface area (Å²) in [4.78, 5) is 23.0. The molecular formula is C14H19N3O2. The van der Waals surface area contributed by atoms with Gasteiger partial charge in [-0.25, -0.2) is 4.79 Å². The molecule has 1 saturated heterocycles. The number of urea groups is 1. The highest BCUT2D eigenvalue weighted by Crippen LogP contribution is 2.09. The number of amides is 3. The monoisotopic (exact) mass is 261 g/mol. The van der Waals surface area contributed by atoms with Gasteiger partial charge in [0.05, 0.1) is 0 Å². The Bertz CT molecular complexity index is 459. The largest absolute Gasteiger partial charge is 0.324 e. The molecule has 3 amide bonds. The van der Waals surface area contributed by atoms with Crippen LogP contribution in [0.4, 0.5) is 4.79 Å². The summed E-state index contributed by atoms with van der Waals surface area (Å²) in [5.74, 6) is -0.265. The Balaban J connectivity index is 2.12. The van der Waals surface area contributed by atoms with Gasteiger partial charge in [0.1, 0.15) is 6.04 Å². The molecule has 0 saturated carbocycles. The fraction of sp³-hybridized carbons (Fsp3) is 0.429. The lowest BCUT2D eigenvalue weighted by atomic mass is 9.98. The van der Waals surface area contributed by atoms with Gasteiger partial charge in [0, 0.05) is 12.1 Å². The second-order valence-electron chi connectivity index (χ2n) is 5.06. The summed E-state index contributed by atoms with van der Waals surface area (Å²) < 4.78 is 0. The zero-order valence-corrected chi connectivity index (χ0v) is 11.1. The van der Waals surface area contributed by atoms with E-state index < -0.39 is 12.1 Å². The molecule has 0 spiro atoms. The number of rotatable bonds is 5. The van der Waals surface area contributed by atoms with Crippen LogP contribution in [0.5, 0.6) is 0 Å².